The minimum absolute atomic E-state index is 0.135. The first-order valence-corrected chi connectivity index (χ1v) is 7.60. The summed E-state index contributed by atoms with van der Waals surface area (Å²) in [6, 6.07) is 5.58. The van der Waals surface area contributed by atoms with Gasteiger partial charge in [0.05, 0.1) is 6.04 Å². The lowest BCUT2D eigenvalue weighted by molar-refractivity contribution is -0.119. The molecule has 2 aliphatic heterocycles. The number of fused-ring (bicyclic) bond motifs is 1. The van der Waals surface area contributed by atoms with Crippen molar-refractivity contribution >= 4 is 24.1 Å². The maximum absolute atomic E-state index is 12.0. The topological polar surface area (TPSA) is 79.0 Å². The molecule has 0 aromatic heterocycles. The summed E-state index contributed by atoms with van der Waals surface area (Å²) in [5.41, 5.74) is 3.00. The van der Waals surface area contributed by atoms with Gasteiger partial charge in [0.15, 0.2) is 0 Å². The summed E-state index contributed by atoms with van der Waals surface area (Å²) in [4.78, 5) is 37.3. The lowest BCUT2D eigenvalue weighted by Gasteiger charge is -2.27. The van der Waals surface area contributed by atoms with E-state index in [4.69, 9.17) is 4.74 Å². The minimum Gasteiger partial charge on any atom is -0.447 e. The van der Waals surface area contributed by atoms with E-state index in [9.17, 15) is 14.4 Å². The molecular weight excluding hydrogens is 298 g/mol. The van der Waals surface area contributed by atoms with E-state index >= 15 is 0 Å². The molecule has 7 nitrogen and oxygen atoms in total. The van der Waals surface area contributed by atoms with Gasteiger partial charge >= 0.3 is 6.09 Å². The summed E-state index contributed by atoms with van der Waals surface area (Å²) in [7, 11) is 0. The van der Waals surface area contributed by atoms with Crippen molar-refractivity contribution in [3.8, 4) is 0 Å². The second-order valence-electron chi connectivity index (χ2n) is 5.82. The van der Waals surface area contributed by atoms with Crippen molar-refractivity contribution < 1.29 is 19.1 Å². The molecule has 0 radical (unpaired) electrons. The molecule has 1 atom stereocenters. The molecule has 122 valence electrons. The number of rotatable bonds is 4. The molecule has 0 aliphatic carbocycles. The lowest BCUT2D eigenvalue weighted by atomic mass is 9.99. The summed E-state index contributed by atoms with van der Waals surface area (Å²) in [5, 5.41) is 2.73. The fourth-order valence-electron chi connectivity index (χ4n) is 2.99. The van der Waals surface area contributed by atoms with Crippen LogP contribution in [0.5, 0.6) is 0 Å². The first kappa shape index (κ1) is 15.3. The van der Waals surface area contributed by atoms with Crippen molar-refractivity contribution in [2.24, 2.45) is 0 Å². The second kappa shape index (κ2) is 6.28. The van der Waals surface area contributed by atoms with Crippen LogP contribution in [0.25, 0.3) is 0 Å². The quantitative estimate of drug-likeness (QED) is 0.828. The van der Waals surface area contributed by atoms with Crippen molar-refractivity contribution in [1.82, 2.24) is 10.2 Å². The van der Waals surface area contributed by atoms with Gasteiger partial charge in [0, 0.05) is 32.2 Å². The number of hydrogen-bond donors (Lipinski definition) is 1. The van der Waals surface area contributed by atoms with E-state index < -0.39 is 6.09 Å². The molecule has 1 unspecified atom stereocenters. The van der Waals surface area contributed by atoms with Gasteiger partial charge in [0.1, 0.15) is 6.61 Å². The highest BCUT2D eigenvalue weighted by Gasteiger charge is 2.34. The molecule has 1 saturated heterocycles. The standard InChI is InChI=1S/C16H19N3O4/c1-11(21)17-7-15-9-23-16(22)19(15)14-3-2-13-8-18(10-20)5-4-12(13)6-14/h2-3,6,10,15H,4-5,7-9H2,1H3,(H,17,21). The summed E-state index contributed by atoms with van der Waals surface area (Å²) in [6.45, 7) is 3.34. The summed E-state index contributed by atoms with van der Waals surface area (Å²) in [5.74, 6) is -0.135. The van der Waals surface area contributed by atoms with Crippen LogP contribution in [0.4, 0.5) is 10.5 Å². The van der Waals surface area contributed by atoms with Crippen LogP contribution in [-0.2, 0) is 27.3 Å². The van der Waals surface area contributed by atoms with Crippen molar-refractivity contribution in [3.05, 3.63) is 29.3 Å². The Morgan fingerprint density at radius 2 is 2.26 bits per heavy atom. The summed E-state index contributed by atoms with van der Waals surface area (Å²) >= 11 is 0. The lowest BCUT2D eigenvalue weighted by Crippen LogP contribution is -2.42. The number of carbonyl (C=O) groups excluding carboxylic acids is 3. The van der Waals surface area contributed by atoms with Crippen LogP contribution >= 0.6 is 0 Å². The van der Waals surface area contributed by atoms with E-state index in [2.05, 4.69) is 5.32 Å². The molecule has 1 aromatic carbocycles. The van der Waals surface area contributed by atoms with Gasteiger partial charge in [-0.05, 0) is 29.7 Å². The maximum Gasteiger partial charge on any atom is 0.414 e. The van der Waals surface area contributed by atoms with Gasteiger partial charge < -0.3 is 15.0 Å². The number of nitrogens with zero attached hydrogens (tertiary/aromatic N) is 2. The van der Waals surface area contributed by atoms with Gasteiger partial charge in [-0.3, -0.25) is 14.5 Å². The molecule has 0 saturated carbocycles. The highest BCUT2D eigenvalue weighted by molar-refractivity contribution is 5.90. The van der Waals surface area contributed by atoms with Crippen molar-refractivity contribution in [3.63, 3.8) is 0 Å². The van der Waals surface area contributed by atoms with Crippen LogP contribution in [0, 0.1) is 0 Å². The van der Waals surface area contributed by atoms with Crippen LogP contribution in [0.1, 0.15) is 18.1 Å². The number of amides is 3. The zero-order chi connectivity index (χ0) is 16.4. The van der Waals surface area contributed by atoms with Crippen LogP contribution in [-0.4, -0.2) is 49.0 Å². The number of cyclic esters (lactones) is 1. The Hall–Kier alpha value is -2.57. The number of anilines is 1. The molecule has 2 aliphatic rings. The van der Waals surface area contributed by atoms with E-state index in [0.29, 0.717) is 19.6 Å². The van der Waals surface area contributed by atoms with Crippen LogP contribution in [0.3, 0.4) is 0 Å². The number of carbonyl (C=O) groups is 3. The van der Waals surface area contributed by atoms with Gasteiger partial charge in [-0.25, -0.2) is 4.79 Å². The van der Waals surface area contributed by atoms with Crippen LogP contribution in [0.15, 0.2) is 18.2 Å². The molecule has 0 bridgehead atoms. The Balaban J connectivity index is 1.81. The van der Waals surface area contributed by atoms with Gasteiger partial charge in [0.25, 0.3) is 0 Å². The van der Waals surface area contributed by atoms with Crippen molar-refractivity contribution in [2.75, 3.05) is 24.6 Å². The van der Waals surface area contributed by atoms with Gasteiger partial charge in [-0.15, -0.1) is 0 Å². The van der Waals surface area contributed by atoms with E-state index in [1.54, 1.807) is 9.80 Å². The molecule has 23 heavy (non-hydrogen) atoms. The SMILES string of the molecule is CC(=O)NCC1COC(=O)N1c1ccc2c(c1)CCN(C=O)C2. The largest absolute Gasteiger partial charge is 0.447 e. The average molecular weight is 317 g/mol. The third kappa shape index (κ3) is 3.13. The van der Waals surface area contributed by atoms with Crippen LogP contribution in [0.2, 0.25) is 0 Å². The van der Waals surface area contributed by atoms with Crippen molar-refractivity contribution in [2.45, 2.75) is 25.9 Å². The normalized spacial score (nSPS) is 20.0. The highest BCUT2D eigenvalue weighted by atomic mass is 16.6. The molecule has 1 fully saturated rings. The fourth-order valence-corrected chi connectivity index (χ4v) is 2.99. The molecule has 0 spiro atoms. The first-order valence-electron chi connectivity index (χ1n) is 7.60. The van der Waals surface area contributed by atoms with E-state index in [0.717, 1.165) is 29.6 Å². The van der Waals surface area contributed by atoms with E-state index in [-0.39, 0.29) is 18.6 Å². The predicted octanol–water partition coefficient (Wildman–Crippen LogP) is 0.662. The van der Waals surface area contributed by atoms with Crippen LogP contribution < -0.4 is 10.2 Å². The molecule has 1 aromatic rings. The highest BCUT2D eigenvalue weighted by Crippen LogP contribution is 2.28. The summed E-state index contributed by atoms with van der Waals surface area (Å²) < 4.78 is 5.12. The maximum atomic E-state index is 12.0. The van der Waals surface area contributed by atoms with E-state index in [1.807, 2.05) is 18.2 Å². The number of hydrogen-bond acceptors (Lipinski definition) is 4. The average Bonchev–Trinajstić information content (AvgIpc) is 2.92. The van der Waals surface area contributed by atoms with Gasteiger partial charge in [0.2, 0.25) is 12.3 Å². The first-order chi connectivity index (χ1) is 11.1. The Labute approximate surface area is 134 Å². The molecular formula is C16H19N3O4. The Bertz CT molecular complexity index is 646. The number of nitrogens with one attached hydrogen (secondary N) is 1. The van der Waals surface area contributed by atoms with E-state index in [1.165, 1.54) is 6.92 Å². The fraction of sp³-hybridized carbons (Fsp3) is 0.438. The zero-order valence-corrected chi connectivity index (χ0v) is 12.9. The molecule has 2 heterocycles. The molecule has 1 N–H and O–H groups in total. The predicted molar refractivity (Wildman–Crippen MR) is 82.9 cm³/mol. The Morgan fingerprint density at radius 3 is 3.00 bits per heavy atom. The Morgan fingerprint density at radius 1 is 1.43 bits per heavy atom. The zero-order valence-electron chi connectivity index (χ0n) is 12.9. The Kier molecular flexibility index (Phi) is 4.18. The monoisotopic (exact) mass is 317 g/mol. The molecule has 7 heteroatoms. The van der Waals surface area contributed by atoms with Gasteiger partial charge in [-0.1, -0.05) is 6.07 Å². The smallest absolute Gasteiger partial charge is 0.414 e. The van der Waals surface area contributed by atoms with Gasteiger partial charge in [-0.2, -0.15) is 0 Å². The summed E-state index contributed by atoms with van der Waals surface area (Å²) in [6.07, 6.45) is 1.23. The van der Waals surface area contributed by atoms with Crippen molar-refractivity contribution in [1.29, 1.82) is 0 Å². The molecule has 3 rings (SSSR count). The third-order valence-electron chi connectivity index (χ3n) is 4.21. The number of benzene rings is 1. The number of ether oxygens (including phenoxy) is 1. The minimum atomic E-state index is -0.398. The second-order valence-corrected chi connectivity index (χ2v) is 5.82. The third-order valence-corrected chi connectivity index (χ3v) is 4.21. The molecule has 3 amide bonds.